The molecular formula is C22H23N7O. The Morgan fingerprint density at radius 2 is 1.87 bits per heavy atom. The first kappa shape index (κ1) is 19.4. The van der Waals surface area contributed by atoms with Crippen molar-refractivity contribution in [1.82, 2.24) is 29.6 Å². The maximum absolute atomic E-state index is 12.2. The van der Waals surface area contributed by atoms with E-state index >= 15 is 0 Å². The molecule has 0 atom stereocenters. The Bertz CT molecular complexity index is 1110. The molecule has 0 aliphatic rings. The largest absolute Gasteiger partial charge is 0.334 e. The quantitative estimate of drug-likeness (QED) is 0.518. The van der Waals surface area contributed by atoms with Crippen LogP contribution >= 0.6 is 0 Å². The lowest BCUT2D eigenvalue weighted by molar-refractivity contribution is 0.251. The standard InChI is InChI=1S/C22H23N7O/c1-16-11-17(2)29(27-16)21-8-5-19(12-24-21)13-25-22(30)26-20-6-3-18(4-7-20)14-28-10-9-23-15-28/h3-12,15H,13-14H2,1-2H3,(H2,25,26,30). The van der Waals surface area contributed by atoms with E-state index in [2.05, 4.69) is 25.7 Å². The van der Waals surface area contributed by atoms with Gasteiger partial charge in [-0.25, -0.2) is 19.4 Å². The number of hydrogen-bond acceptors (Lipinski definition) is 4. The fourth-order valence-electron chi connectivity index (χ4n) is 3.15. The summed E-state index contributed by atoms with van der Waals surface area (Å²) in [6.07, 6.45) is 7.19. The number of nitrogens with zero attached hydrogens (tertiary/aromatic N) is 5. The molecule has 3 aromatic heterocycles. The average Bonchev–Trinajstić information content (AvgIpc) is 3.37. The molecule has 2 amide bonds. The predicted molar refractivity (Wildman–Crippen MR) is 114 cm³/mol. The number of pyridine rings is 1. The summed E-state index contributed by atoms with van der Waals surface area (Å²) in [6.45, 7) is 5.07. The topological polar surface area (TPSA) is 89.7 Å². The summed E-state index contributed by atoms with van der Waals surface area (Å²) in [5.41, 5.74) is 4.76. The molecule has 1 aromatic carbocycles. The molecule has 4 rings (SSSR count). The van der Waals surface area contributed by atoms with E-state index in [1.807, 2.05) is 67.1 Å². The second kappa shape index (κ2) is 8.60. The van der Waals surface area contributed by atoms with Gasteiger partial charge in [-0.3, -0.25) is 0 Å². The molecule has 0 saturated carbocycles. The first-order valence-corrected chi connectivity index (χ1v) is 9.65. The molecular weight excluding hydrogens is 378 g/mol. The Morgan fingerprint density at radius 3 is 2.50 bits per heavy atom. The van der Waals surface area contributed by atoms with Crippen LogP contribution in [0.4, 0.5) is 10.5 Å². The highest BCUT2D eigenvalue weighted by atomic mass is 16.2. The maximum Gasteiger partial charge on any atom is 0.319 e. The summed E-state index contributed by atoms with van der Waals surface area (Å²) < 4.78 is 3.79. The van der Waals surface area contributed by atoms with Crippen LogP contribution in [-0.4, -0.2) is 30.3 Å². The first-order valence-electron chi connectivity index (χ1n) is 9.65. The van der Waals surface area contributed by atoms with Gasteiger partial charge in [0, 0.05) is 43.1 Å². The van der Waals surface area contributed by atoms with Gasteiger partial charge in [-0.2, -0.15) is 5.10 Å². The molecule has 0 bridgehead atoms. The SMILES string of the molecule is Cc1cc(C)n(-c2ccc(CNC(=O)Nc3ccc(Cn4ccnc4)cc3)cn2)n1. The van der Waals surface area contributed by atoms with Crippen molar-refractivity contribution in [3.63, 3.8) is 0 Å². The van der Waals surface area contributed by atoms with E-state index in [0.29, 0.717) is 6.54 Å². The van der Waals surface area contributed by atoms with Crippen LogP contribution in [0, 0.1) is 13.8 Å². The fourth-order valence-corrected chi connectivity index (χ4v) is 3.15. The molecule has 3 heterocycles. The van der Waals surface area contributed by atoms with Crippen LogP contribution < -0.4 is 10.6 Å². The van der Waals surface area contributed by atoms with Gasteiger partial charge in [-0.15, -0.1) is 0 Å². The molecule has 0 spiro atoms. The van der Waals surface area contributed by atoms with Crippen LogP contribution in [0.1, 0.15) is 22.5 Å². The van der Waals surface area contributed by atoms with Gasteiger partial charge in [-0.05, 0) is 49.2 Å². The van der Waals surface area contributed by atoms with E-state index in [9.17, 15) is 4.79 Å². The van der Waals surface area contributed by atoms with Crippen molar-refractivity contribution in [2.75, 3.05) is 5.32 Å². The molecule has 4 aromatic rings. The molecule has 2 N–H and O–H groups in total. The number of hydrogen-bond donors (Lipinski definition) is 2. The highest BCUT2D eigenvalue weighted by molar-refractivity contribution is 5.89. The highest BCUT2D eigenvalue weighted by Gasteiger charge is 2.06. The number of rotatable bonds is 6. The van der Waals surface area contributed by atoms with Gasteiger partial charge in [0.25, 0.3) is 0 Å². The molecule has 0 fully saturated rings. The van der Waals surface area contributed by atoms with Crippen LogP contribution in [0.3, 0.4) is 0 Å². The van der Waals surface area contributed by atoms with Crippen molar-refractivity contribution < 1.29 is 4.79 Å². The van der Waals surface area contributed by atoms with Gasteiger partial charge in [0.1, 0.15) is 0 Å². The molecule has 0 aliphatic carbocycles. The van der Waals surface area contributed by atoms with Crippen LogP contribution in [0.2, 0.25) is 0 Å². The van der Waals surface area contributed by atoms with E-state index in [0.717, 1.165) is 40.6 Å². The Labute approximate surface area is 174 Å². The normalized spacial score (nSPS) is 10.7. The number of benzene rings is 1. The van der Waals surface area contributed by atoms with Crippen molar-refractivity contribution in [1.29, 1.82) is 0 Å². The van der Waals surface area contributed by atoms with Crippen molar-refractivity contribution >= 4 is 11.7 Å². The van der Waals surface area contributed by atoms with E-state index < -0.39 is 0 Å². The third-order valence-electron chi connectivity index (χ3n) is 4.62. The minimum absolute atomic E-state index is 0.264. The fraction of sp³-hybridized carbons (Fsp3) is 0.182. The first-order chi connectivity index (χ1) is 14.6. The summed E-state index contributed by atoms with van der Waals surface area (Å²) in [5, 5.41) is 10.1. The zero-order valence-corrected chi connectivity index (χ0v) is 16.9. The molecule has 30 heavy (non-hydrogen) atoms. The summed E-state index contributed by atoms with van der Waals surface area (Å²) in [7, 11) is 0. The van der Waals surface area contributed by atoms with Crippen molar-refractivity contribution in [3.8, 4) is 5.82 Å². The van der Waals surface area contributed by atoms with Crippen molar-refractivity contribution in [2.24, 2.45) is 0 Å². The Balaban J connectivity index is 1.28. The van der Waals surface area contributed by atoms with Crippen LogP contribution in [0.25, 0.3) is 5.82 Å². The summed E-state index contributed by atoms with van der Waals surface area (Å²) in [5.74, 6) is 0.754. The number of imidazole rings is 1. The third-order valence-corrected chi connectivity index (χ3v) is 4.62. The zero-order chi connectivity index (χ0) is 20.9. The molecule has 0 aliphatic heterocycles. The number of amides is 2. The lowest BCUT2D eigenvalue weighted by Crippen LogP contribution is -2.28. The number of aryl methyl sites for hydroxylation is 2. The van der Waals surface area contributed by atoms with Gasteiger partial charge >= 0.3 is 6.03 Å². The molecule has 0 saturated heterocycles. The van der Waals surface area contributed by atoms with Gasteiger partial charge < -0.3 is 15.2 Å². The molecule has 152 valence electrons. The predicted octanol–water partition coefficient (Wildman–Crippen LogP) is 3.45. The van der Waals surface area contributed by atoms with E-state index in [-0.39, 0.29) is 6.03 Å². The summed E-state index contributed by atoms with van der Waals surface area (Å²) in [6, 6.07) is 13.3. The number of aromatic nitrogens is 5. The Morgan fingerprint density at radius 1 is 1.07 bits per heavy atom. The summed E-state index contributed by atoms with van der Waals surface area (Å²) >= 11 is 0. The lowest BCUT2D eigenvalue weighted by Gasteiger charge is -2.09. The molecule has 0 unspecified atom stereocenters. The lowest BCUT2D eigenvalue weighted by atomic mass is 10.2. The van der Waals surface area contributed by atoms with Crippen LogP contribution in [-0.2, 0) is 13.1 Å². The van der Waals surface area contributed by atoms with Crippen molar-refractivity contribution in [3.05, 3.63) is 89.9 Å². The minimum atomic E-state index is -0.264. The van der Waals surface area contributed by atoms with E-state index in [1.54, 1.807) is 23.4 Å². The Hall–Kier alpha value is -3.94. The van der Waals surface area contributed by atoms with E-state index in [4.69, 9.17) is 0 Å². The number of urea groups is 1. The second-order valence-electron chi connectivity index (χ2n) is 7.10. The number of carbonyl (C=O) groups is 1. The van der Waals surface area contributed by atoms with Gasteiger partial charge in [0.15, 0.2) is 5.82 Å². The number of nitrogens with one attached hydrogen (secondary N) is 2. The monoisotopic (exact) mass is 401 g/mol. The molecule has 0 radical (unpaired) electrons. The molecule has 8 nitrogen and oxygen atoms in total. The van der Waals surface area contributed by atoms with Gasteiger partial charge in [0.2, 0.25) is 0 Å². The van der Waals surface area contributed by atoms with Crippen molar-refractivity contribution in [2.45, 2.75) is 26.9 Å². The Kier molecular flexibility index (Phi) is 5.56. The van der Waals surface area contributed by atoms with Crippen LogP contribution in [0.5, 0.6) is 0 Å². The van der Waals surface area contributed by atoms with Crippen LogP contribution in [0.15, 0.2) is 67.4 Å². The number of anilines is 1. The highest BCUT2D eigenvalue weighted by Crippen LogP contribution is 2.12. The number of carbonyl (C=O) groups excluding carboxylic acids is 1. The summed E-state index contributed by atoms with van der Waals surface area (Å²) in [4.78, 5) is 20.7. The van der Waals surface area contributed by atoms with Gasteiger partial charge in [-0.1, -0.05) is 18.2 Å². The smallest absolute Gasteiger partial charge is 0.319 e. The maximum atomic E-state index is 12.2. The zero-order valence-electron chi connectivity index (χ0n) is 16.9. The second-order valence-corrected chi connectivity index (χ2v) is 7.10. The molecule has 8 heteroatoms. The third kappa shape index (κ3) is 4.72. The van der Waals surface area contributed by atoms with E-state index in [1.165, 1.54) is 0 Å². The minimum Gasteiger partial charge on any atom is -0.334 e. The average molecular weight is 401 g/mol. The van der Waals surface area contributed by atoms with Gasteiger partial charge in [0.05, 0.1) is 12.0 Å².